The van der Waals surface area contributed by atoms with Gasteiger partial charge < -0.3 is 24.8 Å². The van der Waals surface area contributed by atoms with Crippen LogP contribution in [0.5, 0.6) is 17.2 Å². The molecule has 8 heteroatoms. The van der Waals surface area contributed by atoms with E-state index < -0.39 is 0 Å². The number of benzene rings is 2. The van der Waals surface area contributed by atoms with Gasteiger partial charge in [0.05, 0.1) is 27.4 Å². The maximum atomic E-state index is 13.8. The second-order valence-corrected chi connectivity index (χ2v) is 6.23. The summed E-state index contributed by atoms with van der Waals surface area (Å²) in [7, 11) is 3.19. The van der Waals surface area contributed by atoms with Crippen molar-refractivity contribution in [3.63, 3.8) is 0 Å². The molecule has 0 unspecified atom stereocenters. The Morgan fingerprint density at radius 1 is 1.03 bits per heavy atom. The molecule has 0 aromatic heterocycles. The minimum atomic E-state index is -0.190. The van der Waals surface area contributed by atoms with Gasteiger partial charge in [0.15, 0.2) is 17.5 Å². The Labute approximate surface area is 195 Å². The number of hydrogen-bond donors (Lipinski definition) is 2. The second kappa shape index (κ2) is 13.9. The van der Waals surface area contributed by atoms with E-state index in [9.17, 15) is 4.39 Å². The molecule has 6 nitrogen and oxygen atoms in total. The van der Waals surface area contributed by atoms with Gasteiger partial charge in [0.2, 0.25) is 5.75 Å². The Kier molecular flexibility index (Phi) is 12.0. The van der Waals surface area contributed by atoms with Crippen molar-refractivity contribution in [1.29, 1.82) is 0 Å². The molecule has 30 heavy (non-hydrogen) atoms. The monoisotopic (exact) mass is 531 g/mol. The van der Waals surface area contributed by atoms with Crippen molar-refractivity contribution >= 4 is 29.9 Å². The molecule has 0 aliphatic heterocycles. The van der Waals surface area contributed by atoms with Gasteiger partial charge in [-0.3, -0.25) is 0 Å². The van der Waals surface area contributed by atoms with Crippen LogP contribution in [0.3, 0.4) is 0 Å². The topological polar surface area (TPSA) is 64.1 Å². The number of rotatable bonds is 10. The highest BCUT2D eigenvalue weighted by atomic mass is 127. The van der Waals surface area contributed by atoms with Crippen LogP contribution in [0.15, 0.2) is 41.4 Å². The van der Waals surface area contributed by atoms with E-state index in [1.54, 1.807) is 26.4 Å². The first-order valence-electron chi connectivity index (χ1n) is 9.76. The van der Waals surface area contributed by atoms with Crippen molar-refractivity contribution in [3.8, 4) is 17.2 Å². The normalized spacial score (nSPS) is 10.8. The molecule has 0 atom stereocenters. The standard InChI is InChI=1S/C22H30FN3O3.HI/c1-5-24-22(25-12-11-17-9-7-8-10-18(17)23)26-15-16-13-19(27-3)21(29-6-2)20(14-16)28-4;/h7-10,13-14H,5-6,11-12,15H2,1-4H3,(H2,24,25,26);1H. The summed E-state index contributed by atoms with van der Waals surface area (Å²) in [5.74, 6) is 2.27. The van der Waals surface area contributed by atoms with Crippen molar-refractivity contribution in [2.45, 2.75) is 26.8 Å². The third-order valence-corrected chi connectivity index (χ3v) is 4.22. The zero-order chi connectivity index (χ0) is 21.1. The minimum absolute atomic E-state index is 0. The molecule has 0 saturated heterocycles. The number of halogens is 2. The maximum Gasteiger partial charge on any atom is 0.203 e. The molecule has 166 valence electrons. The molecule has 0 bridgehead atoms. The highest BCUT2D eigenvalue weighted by Crippen LogP contribution is 2.38. The van der Waals surface area contributed by atoms with Gasteiger partial charge in [-0.25, -0.2) is 9.38 Å². The summed E-state index contributed by atoms with van der Waals surface area (Å²) in [6.07, 6.45) is 0.571. The lowest BCUT2D eigenvalue weighted by Gasteiger charge is -2.15. The van der Waals surface area contributed by atoms with Crippen LogP contribution < -0.4 is 24.8 Å². The maximum absolute atomic E-state index is 13.8. The molecule has 0 fully saturated rings. The summed E-state index contributed by atoms with van der Waals surface area (Å²) in [5.41, 5.74) is 1.60. The predicted molar refractivity (Wildman–Crippen MR) is 129 cm³/mol. The molecular formula is C22H31FIN3O3. The van der Waals surface area contributed by atoms with Crippen LogP contribution >= 0.6 is 24.0 Å². The minimum Gasteiger partial charge on any atom is -0.493 e. The largest absolute Gasteiger partial charge is 0.493 e. The first-order chi connectivity index (χ1) is 14.1. The lowest BCUT2D eigenvalue weighted by atomic mass is 10.1. The third-order valence-electron chi connectivity index (χ3n) is 4.22. The van der Waals surface area contributed by atoms with Crippen molar-refractivity contribution in [2.75, 3.05) is 33.9 Å². The van der Waals surface area contributed by atoms with Gasteiger partial charge in [-0.2, -0.15) is 0 Å². The van der Waals surface area contributed by atoms with Gasteiger partial charge in [-0.05, 0) is 49.6 Å². The summed E-state index contributed by atoms with van der Waals surface area (Å²) >= 11 is 0. The van der Waals surface area contributed by atoms with E-state index in [0.29, 0.717) is 54.9 Å². The summed E-state index contributed by atoms with van der Waals surface area (Å²) in [6, 6.07) is 10.6. The molecule has 2 N–H and O–H groups in total. The number of ether oxygens (including phenoxy) is 3. The molecule has 0 saturated carbocycles. The van der Waals surface area contributed by atoms with Crippen LogP contribution in [-0.2, 0) is 13.0 Å². The van der Waals surface area contributed by atoms with Crippen molar-refractivity contribution in [2.24, 2.45) is 4.99 Å². The molecule has 0 spiro atoms. The Balaban J connectivity index is 0.00000450. The van der Waals surface area contributed by atoms with Crippen LogP contribution in [0.1, 0.15) is 25.0 Å². The Bertz CT molecular complexity index is 793. The first-order valence-corrected chi connectivity index (χ1v) is 9.76. The third kappa shape index (κ3) is 7.55. The van der Waals surface area contributed by atoms with Crippen molar-refractivity contribution in [1.82, 2.24) is 10.6 Å². The number of nitrogens with one attached hydrogen (secondary N) is 2. The Morgan fingerprint density at radius 3 is 2.27 bits per heavy atom. The van der Waals surface area contributed by atoms with Crippen LogP contribution in [-0.4, -0.2) is 39.9 Å². The fourth-order valence-corrected chi connectivity index (χ4v) is 2.84. The van der Waals surface area contributed by atoms with E-state index in [1.807, 2.05) is 32.0 Å². The number of guanidine groups is 1. The Hall–Kier alpha value is -2.23. The average molecular weight is 531 g/mol. The lowest BCUT2D eigenvalue weighted by molar-refractivity contribution is 0.288. The zero-order valence-corrected chi connectivity index (χ0v) is 20.3. The molecule has 0 amide bonds. The van der Waals surface area contributed by atoms with Gasteiger partial charge >= 0.3 is 0 Å². The number of methoxy groups -OCH3 is 2. The SMILES string of the molecule is CCNC(=NCc1cc(OC)c(OCC)c(OC)c1)NCCc1ccccc1F.I. The number of aliphatic imine (C=N–C) groups is 1. The molecule has 0 heterocycles. The quantitative estimate of drug-likeness (QED) is 0.274. The first kappa shape index (κ1) is 25.8. The molecule has 2 aromatic rings. The van der Waals surface area contributed by atoms with Crippen LogP contribution in [0.4, 0.5) is 4.39 Å². The van der Waals surface area contributed by atoms with E-state index in [4.69, 9.17) is 14.2 Å². The smallest absolute Gasteiger partial charge is 0.203 e. The summed E-state index contributed by atoms with van der Waals surface area (Å²) in [4.78, 5) is 4.61. The second-order valence-electron chi connectivity index (χ2n) is 6.23. The summed E-state index contributed by atoms with van der Waals surface area (Å²) < 4.78 is 30.3. The molecule has 0 aliphatic rings. The Morgan fingerprint density at radius 2 is 1.70 bits per heavy atom. The fourth-order valence-electron chi connectivity index (χ4n) is 2.84. The van der Waals surface area contributed by atoms with E-state index in [-0.39, 0.29) is 29.8 Å². The van der Waals surface area contributed by atoms with Crippen molar-refractivity contribution in [3.05, 3.63) is 53.3 Å². The summed E-state index contributed by atoms with van der Waals surface area (Å²) in [5, 5.41) is 6.44. The molecule has 0 radical (unpaired) electrons. The van der Waals surface area contributed by atoms with Crippen LogP contribution in [0.2, 0.25) is 0 Å². The number of nitrogens with zero attached hydrogens (tertiary/aromatic N) is 1. The van der Waals surface area contributed by atoms with Gasteiger partial charge in [0, 0.05) is 13.1 Å². The van der Waals surface area contributed by atoms with Gasteiger partial charge in [0.1, 0.15) is 5.82 Å². The van der Waals surface area contributed by atoms with Crippen LogP contribution in [0.25, 0.3) is 0 Å². The predicted octanol–water partition coefficient (Wildman–Crippen LogP) is 4.16. The van der Waals surface area contributed by atoms with Gasteiger partial charge in [-0.1, -0.05) is 18.2 Å². The fraction of sp³-hybridized carbons (Fsp3) is 0.409. The molecular weight excluding hydrogens is 500 g/mol. The van der Waals surface area contributed by atoms with Gasteiger partial charge in [-0.15, -0.1) is 24.0 Å². The van der Waals surface area contributed by atoms with Crippen LogP contribution in [0, 0.1) is 5.82 Å². The van der Waals surface area contributed by atoms with E-state index in [2.05, 4.69) is 15.6 Å². The molecule has 2 aromatic carbocycles. The zero-order valence-electron chi connectivity index (χ0n) is 18.0. The van der Waals surface area contributed by atoms with Gasteiger partial charge in [0.25, 0.3) is 0 Å². The molecule has 2 rings (SSSR count). The average Bonchev–Trinajstić information content (AvgIpc) is 2.74. The lowest BCUT2D eigenvalue weighted by Crippen LogP contribution is -2.38. The highest BCUT2D eigenvalue weighted by molar-refractivity contribution is 14.0. The van der Waals surface area contributed by atoms with E-state index in [0.717, 1.165) is 12.1 Å². The van der Waals surface area contributed by atoms with Crippen molar-refractivity contribution < 1.29 is 18.6 Å². The molecule has 0 aliphatic carbocycles. The van der Waals surface area contributed by atoms with E-state index >= 15 is 0 Å². The summed E-state index contributed by atoms with van der Waals surface area (Å²) in [6.45, 7) is 6.14. The number of hydrogen-bond acceptors (Lipinski definition) is 4. The highest BCUT2D eigenvalue weighted by Gasteiger charge is 2.14. The van der Waals surface area contributed by atoms with E-state index in [1.165, 1.54) is 6.07 Å².